The lowest BCUT2D eigenvalue weighted by molar-refractivity contribution is 0.669. The second-order valence-corrected chi connectivity index (χ2v) is 11.3. The van der Waals surface area contributed by atoms with Crippen LogP contribution < -0.4 is 0 Å². The topological polar surface area (TPSA) is 51.8 Å². The highest BCUT2D eigenvalue weighted by molar-refractivity contribution is 6.13. The zero-order valence-corrected chi connectivity index (χ0v) is 24.2. The molecule has 2 heterocycles. The van der Waals surface area contributed by atoms with E-state index in [9.17, 15) is 0 Å². The Morgan fingerprint density at radius 3 is 1.69 bits per heavy atom. The minimum atomic E-state index is 0.608. The van der Waals surface area contributed by atoms with E-state index in [-0.39, 0.29) is 0 Å². The summed E-state index contributed by atoms with van der Waals surface area (Å²) in [6.45, 7) is 0. The van der Waals surface area contributed by atoms with Crippen molar-refractivity contribution < 1.29 is 4.42 Å². The van der Waals surface area contributed by atoms with Crippen molar-refractivity contribution >= 4 is 43.5 Å². The van der Waals surface area contributed by atoms with E-state index < -0.39 is 0 Å². The quantitative estimate of drug-likeness (QED) is 0.209. The van der Waals surface area contributed by atoms with Crippen LogP contribution in [0.3, 0.4) is 0 Å². The van der Waals surface area contributed by atoms with Gasteiger partial charge in [-0.25, -0.2) is 15.0 Å². The van der Waals surface area contributed by atoms with Gasteiger partial charge in [-0.1, -0.05) is 121 Å². The number of hydrogen-bond donors (Lipinski definition) is 0. The van der Waals surface area contributed by atoms with Crippen LogP contribution in [0.15, 0.2) is 156 Å². The summed E-state index contributed by atoms with van der Waals surface area (Å²) in [5, 5.41) is 6.78. The summed E-state index contributed by atoms with van der Waals surface area (Å²) >= 11 is 0. The predicted octanol–water partition coefficient (Wildman–Crippen LogP) is 10.7. The molecule has 0 aliphatic heterocycles. The minimum absolute atomic E-state index is 0.608. The molecule has 0 bridgehead atoms. The van der Waals surface area contributed by atoms with Gasteiger partial charge in [0.25, 0.3) is 0 Å². The lowest BCUT2D eigenvalue weighted by atomic mass is 9.98. The Bertz CT molecular complexity index is 2550. The summed E-state index contributed by atoms with van der Waals surface area (Å²) in [6, 6.07) is 52.3. The molecule has 0 radical (unpaired) electrons. The second-order valence-electron chi connectivity index (χ2n) is 11.3. The van der Waals surface area contributed by atoms with Gasteiger partial charge >= 0.3 is 0 Å². The smallest absolute Gasteiger partial charge is 0.164 e. The molecule has 4 nitrogen and oxygen atoms in total. The maximum atomic E-state index is 6.38. The maximum Gasteiger partial charge on any atom is 0.164 e. The van der Waals surface area contributed by atoms with Gasteiger partial charge in [0.05, 0.1) is 0 Å². The fourth-order valence-electron chi connectivity index (χ4n) is 6.23. The zero-order chi connectivity index (χ0) is 29.7. The van der Waals surface area contributed by atoms with Gasteiger partial charge in [0.15, 0.2) is 17.5 Å². The second kappa shape index (κ2) is 10.2. The average Bonchev–Trinajstić information content (AvgIpc) is 3.49. The van der Waals surface area contributed by atoms with Crippen LogP contribution in [-0.4, -0.2) is 15.0 Å². The first-order valence-electron chi connectivity index (χ1n) is 15.0. The van der Waals surface area contributed by atoms with E-state index in [1.807, 2.05) is 42.5 Å². The Morgan fingerprint density at radius 1 is 0.356 bits per heavy atom. The number of aromatic nitrogens is 3. The van der Waals surface area contributed by atoms with Crippen LogP contribution in [0.5, 0.6) is 0 Å². The predicted molar refractivity (Wildman–Crippen MR) is 184 cm³/mol. The molecular formula is C41H25N3O. The third kappa shape index (κ3) is 4.43. The van der Waals surface area contributed by atoms with Gasteiger partial charge in [0.1, 0.15) is 11.2 Å². The largest absolute Gasteiger partial charge is 0.456 e. The van der Waals surface area contributed by atoms with Crippen LogP contribution in [-0.2, 0) is 0 Å². The van der Waals surface area contributed by atoms with E-state index in [2.05, 4.69) is 109 Å². The lowest BCUT2D eigenvalue weighted by Crippen LogP contribution is -2.00. The summed E-state index contributed by atoms with van der Waals surface area (Å²) < 4.78 is 6.38. The number of nitrogens with zero attached hydrogens (tertiary/aromatic N) is 3. The molecule has 0 saturated carbocycles. The van der Waals surface area contributed by atoms with E-state index in [0.717, 1.165) is 55.1 Å². The molecule has 0 saturated heterocycles. The molecule has 0 amide bonds. The lowest BCUT2D eigenvalue weighted by Gasteiger charge is -2.10. The van der Waals surface area contributed by atoms with Crippen LogP contribution in [0, 0.1) is 0 Å². The van der Waals surface area contributed by atoms with E-state index in [4.69, 9.17) is 19.4 Å². The van der Waals surface area contributed by atoms with Crippen molar-refractivity contribution in [1.29, 1.82) is 0 Å². The van der Waals surface area contributed by atoms with Gasteiger partial charge in [-0.2, -0.15) is 0 Å². The summed E-state index contributed by atoms with van der Waals surface area (Å²) in [4.78, 5) is 15.1. The molecule has 2 aromatic heterocycles. The summed E-state index contributed by atoms with van der Waals surface area (Å²) in [5.74, 6) is 1.87. The molecule has 0 N–H and O–H groups in total. The Hall–Kier alpha value is -6.13. The molecule has 0 atom stereocenters. The Morgan fingerprint density at radius 2 is 0.933 bits per heavy atom. The molecule has 9 rings (SSSR count). The number of hydrogen-bond acceptors (Lipinski definition) is 4. The molecule has 0 fully saturated rings. The Labute approximate surface area is 259 Å². The van der Waals surface area contributed by atoms with Crippen LogP contribution in [0.2, 0.25) is 0 Å². The van der Waals surface area contributed by atoms with Crippen molar-refractivity contribution in [2.75, 3.05) is 0 Å². The third-order valence-electron chi connectivity index (χ3n) is 8.49. The van der Waals surface area contributed by atoms with Crippen molar-refractivity contribution in [3.63, 3.8) is 0 Å². The number of benzene rings is 7. The maximum absolute atomic E-state index is 6.38. The first kappa shape index (κ1) is 25.4. The van der Waals surface area contributed by atoms with E-state index in [1.54, 1.807) is 0 Å². The van der Waals surface area contributed by atoms with Crippen molar-refractivity contribution in [3.05, 3.63) is 152 Å². The molecule has 0 unspecified atom stereocenters. The van der Waals surface area contributed by atoms with Crippen molar-refractivity contribution in [1.82, 2.24) is 15.0 Å². The highest BCUT2D eigenvalue weighted by Gasteiger charge is 2.18. The fraction of sp³-hybridized carbons (Fsp3) is 0. The molecule has 0 aliphatic carbocycles. The van der Waals surface area contributed by atoms with Crippen LogP contribution in [0.25, 0.3) is 88.8 Å². The highest BCUT2D eigenvalue weighted by atomic mass is 16.3. The molecular weight excluding hydrogens is 550 g/mol. The summed E-state index contributed by atoms with van der Waals surface area (Å²) in [6.07, 6.45) is 0. The standard InChI is InChI=1S/C41H25N3O/c1-2-11-28(12-3-1)39-42-40(33-20-18-27-10-5-7-14-30(27)24-33)44-41(43-39)34-15-8-16-37-38(34)35-25-32(21-22-36(35)45-37)31-19-17-26-9-4-6-13-29(26)23-31/h1-25H. The van der Waals surface area contributed by atoms with Gasteiger partial charge in [-0.3, -0.25) is 0 Å². The van der Waals surface area contributed by atoms with Crippen LogP contribution >= 0.6 is 0 Å². The summed E-state index contributed by atoms with van der Waals surface area (Å²) in [5.41, 5.74) is 6.70. The SMILES string of the molecule is c1ccc(-c2nc(-c3ccc4ccccc4c3)nc(-c3cccc4oc5ccc(-c6ccc7ccccc7c6)cc5c34)n2)cc1. The van der Waals surface area contributed by atoms with E-state index in [0.29, 0.717) is 17.5 Å². The third-order valence-corrected chi connectivity index (χ3v) is 8.49. The van der Waals surface area contributed by atoms with Gasteiger partial charge in [0, 0.05) is 27.5 Å². The monoisotopic (exact) mass is 575 g/mol. The van der Waals surface area contributed by atoms with E-state index in [1.165, 1.54) is 16.2 Å². The molecule has 0 aliphatic rings. The molecule has 0 spiro atoms. The van der Waals surface area contributed by atoms with Gasteiger partial charge in [-0.15, -0.1) is 0 Å². The fourth-order valence-corrected chi connectivity index (χ4v) is 6.23. The van der Waals surface area contributed by atoms with Crippen LogP contribution in [0.1, 0.15) is 0 Å². The van der Waals surface area contributed by atoms with Gasteiger partial charge in [-0.05, 0) is 63.0 Å². The Kier molecular flexibility index (Phi) is 5.78. The molecule has 210 valence electrons. The number of rotatable bonds is 4. The zero-order valence-electron chi connectivity index (χ0n) is 24.2. The normalized spacial score (nSPS) is 11.6. The van der Waals surface area contributed by atoms with E-state index >= 15 is 0 Å². The molecule has 7 aromatic carbocycles. The van der Waals surface area contributed by atoms with Crippen molar-refractivity contribution in [2.45, 2.75) is 0 Å². The first-order valence-corrected chi connectivity index (χ1v) is 15.0. The minimum Gasteiger partial charge on any atom is -0.456 e. The Balaban J connectivity index is 1.26. The summed E-state index contributed by atoms with van der Waals surface area (Å²) in [7, 11) is 0. The molecule has 4 heteroatoms. The van der Waals surface area contributed by atoms with Gasteiger partial charge < -0.3 is 4.42 Å². The molecule has 9 aromatic rings. The molecule has 45 heavy (non-hydrogen) atoms. The highest BCUT2D eigenvalue weighted by Crippen LogP contribution is 2.39. The number of fused-ring (bicyclic) bond motifs is 5. The van der Waals surface area contributed by atoms with Gasteiger partial charge in [0.2, 0.25) is 0 Å². The first-order chi connectivity index (χ1) is 22.3. The average molecular weight is 576 g/mol. The van der Waals surface area contributed by atoms with Crippen molar-refractivity contribution in [2.24, 2.45) is 0 Å². The van der Waals surface area contributed by atoms with Crippen molar-refractivity contribution in [3.8, 4) is 45.3 Å². The number of furan rings is 1. The van der Waals surface area contributed by atoms with Crippen LogP contribution in [0.4, 0.5) is 0 Å².